The van der Waals surface area contributed by atoms with E-state index in [4.69, 9.17) is 4.74 Å². The third-order valence-electron chi connectivity index (χ3n) is 6.88. The number of nitrogens with zero attached hydrogens (tertiary/aromatic N) is 1. The number of allylic oxidation sites excluding steroid dienone is 2. The van der Waals surface area contributed by atoms with E-state index in [0.29, 0.717) is 17.9 Å². The molecule has 0 spiro atoms. The molecule has 32 heavy (non-hydrogen) atoms. The Bertz CT molecular complexity index is 1010. The van der Waals surface area contributed by atoms with Gasteiger partial charge in [-0.15, -0.1) is 0 Å². The van der Waals surface area contributed by atoms with Gasteiger partial charge in [0, 0.05) is 5.92 Å². The van der Waals surface area contributed by atoms with Crippen molar-refractivity contribution in [1.82, 2.24) is 4.90 Å². The molecular weight excluding hydrogens is 410 g/mol. The number of aromatic hydroxyl groups is 1. The van der Waals surface area contributed by atoms with Gasteiger partial charge in [0.2, 0.25) is 11.8 Å². The predicted molar refractivity (Wildman–Crippen MR) is 117 cm³/mol. The molecular formula is C25H29NO6. The second-order valence-electron chi connectivity index (χ2n) is 8.78. The van der Waals surface area contributed by atoms with Gasteiger partial charge in [-0.2, -0.15) is 4.90 Å². The first kappa shape index (κ1) is 22.3. The van der Waals surface area contributed by atoms with Crippen molar-refractivity contribution in [2.75, 3.05) is 13.7 Å². The number of rotatable bonds is 5. The fourth-order valence-corrected chi connectivity index (χ4v) is 5.41. The van der Waals surface area contributed by atoms with Crippen molar-refractivity contribution >= 4 is 24.0 Å². The number of benzene rings is 1. The fraction of sp³-hybridized carbons (Fsp3) is 0.480. The standard InChI is InChI=1S/C25H29NO6/c1-4-16-12-18-22(24(29)26(23(18)28)25(30)31-3)19-13-32-20(21(16)19)9-8-14(2)10-15-6-5-7-17(27)11-15/h5-7,10-11,18-20,22,27H,4,8-9,12-13H2,1-3H3/b14-10+/t18-,19+,20-,22-/m1/s1. The highest BCUT2D eigenvalue weighted by Crippen LogP contribution is 2.50. The molecule has 1 aromatic carbocycles. The Labute approximate surface area is 187 Å². The first-order valence-electron chi connectivity index (χ1n) is 11.1. The number of hydrogen-bond donors (Lipinski definition) is 1. The highest BCUT2D eigenvalue weighted by molar-refractivity contribution is 6.16. The number of amides is 3. The van der Waals surface area contributed by atoms with E-state index < -0.39 is 29.7 Å². The van der Waals surface area contributed by atoms with Gasteiger partial charge in [-0.25, -0.2) is 4.79 Å². The maximum Gasteiger partial charge on any atom is 0.423 e. The minimum Gasteiger partial charge on any atom is -0.508 e. The number of likely N-dealkylation sites (tertiary alicyclic amines) is 1. The minimum absolute atomic E-state index is 0.0986. The Kier molecular flexibility index (Phi) is 6.20. The number of methoxy groups -OCH3 is 1. The van der Waals surface area contributed by atoms with Gasteiger partial charge in [-0.1, -0.05) is 36.3 Å². The molecule has 1 aromatic rings. The summed E-state index contributed by atoms with van der Waals surface area (Å²) in [6.07, 6.45) is 3.90. The second kappa shape index (κ2) is 8.90. The van der Waals surface area contributed by atoms with Gasteiger partial charge in [0.05, 0.1) is 31.7 Å². The maximum absolute atomic E-state index is 13.0. The van der Waals surface area contributed by atoms with Gasteiger partial charge in [-0.05, 0) is 55.9 Å². The molecule has 170 valence electrons. The van der Waals surface area contributed by atoms with Crippen LogP contribution in [-0.2, 0) is 19.1 Å². The first-order valence-corrected chi connectivity index (χ1v) is 11.1. The lowest BCUT2D eigenvalue weighted by Crippen LogP contribution is -2.38. The molecule has 3 aliphatic rings. The van der Waals surface area contributed by atoms with E-state index in [1.54, 1.807) is 12.1 Å². The summed E-state index contributed by atoms with van der Waals surface area (Å²) in [5.41, 5.74) is 4.42. The lowest BCUT2D eigenvalue weighted by molar-refractivity contribution is -0.137. The lowest BCUT2D eigenvalue weighted by atomic mass is 9.69. The van der Waals surface area contributed by atoms with Crippen LogP contribution in [0.5, 0.6) is 5.75 Å². The number of fused-ring (bicyclic) bond motifs is 3. The Balaban J connectivity index is 1.52. The van der Waals surface area contributed by atoms with E-state index in [-0.39, 0.29) is 17.8 Å². The van der Waals surface area contributed by atoms with Crippen LogP contribution >= 0.6 is 0 Å². The van der Waals surface area contributed by atoms with Crippen molar-refractivity contribution in [1.29, 1.82) is 0 Å². The van der Waals surface area contributed by atoms with E-state index >= 15 is 0 Å². The van der Waals surface area contributed by atoms with Crippen molar-refractivity contribution in [3.63, 3.8) is 0 Å². The highest BCUT2D eigenvalue weighted by Gasteiger charge is 2.58. The summed E-state index contributed by atoms with van der Waals surface area (Å²) >= 11 is 0. The number of hydrogen-bond acceptors (Lipinski definition) is 6. The maximum atomic E-state index is 13.0. The van der Waals surface area contributed by atoms with E-state index in [9.17, 15) is 19.5 Å². The topological polar surface area (TPSA) is 93.1 Å². The molecule has 4 atom stereocenters. The van der Waals surface area contributed by atoms with Crippen LogP contribution in [0.2, 0.25) is 0 Å². The van der Waals surface area contributed by atoms with Crippen molar-refractivity contribution in [2.24, 2.45) is 17.8 Å². The van der Waals surface area contributed by atoms with E-state index in [2.05, 4.69) is 18.6 Å². The molecule has 1 aliphatic carbocycles. The summed E-state index contributed by atoms with van der Waals surface area (Å²) in [7, 11) is 1.17. The molecule has 1 N–H and O–H groups in total. The molecule has 2 aliphatic heterocycles. The normalized spacial score (nSPS) is 27.6. The average Bonchev–Trinajstić information content (AvgIpc) is 3.30. The summed E-state index contributed by atoms with van der Waals surface area (Å²) in [6.45, 7) is 4.49. The summed E-state index contributed by atoms with van der Waals surface area (Å²) in [5.74, 6) is -1.92. The van der Waals surface area contributed by atoms with E-state index in [1.807, 2.05) is 18.2 Å². The molecule has 0 radical (unpaired) electrons. The molecule has 0 saturated carbocycles. The van der Waals surface area contributed by atoms with Crippen LogP contribution in [0.3, 0.4) is 0 Å². The van der Waals surface area contributed by atoms with Crippen molar-refractivity contribution in [2.45, 2.75) is 45.6 Å². The number of carbonyl (C=O) groups excluding carboxylic acids is 3. The zero-order valence-electron chi connectivity index (χ0n) is 18.7. The Morgan fingerprint density at radius 1 is 1.28 bits per heavy atom. The molecule has 0 aromatic heterocycles. The Morgan fingerprint density at radius 2 is 2.06 bits per heavy atom. The monoisotopic (exact) mass is 439 g/mol. The Morgan fingerprint density at radius 3 is 2.75 bits per heavy atom. The van der Waals surface area contributed by atoms with E-state index in [1.165, 1.54) is 18.3 Å². The molecule has 2 saturated heterocycles. The van der Waals surface area contributed by atoms with E-state index in [0.717, 1.165) is 30.4 Å². The third kappa shape index (κ3) is 3.86. The molecule has 2 fully saturated rings. The molecule has 7 nitrogen and oxygen atoms in total. The molecule has 0 unspecified atom stereocenters. The van der Waals surface area contributed by atoms with Crippen LogP contribution in [0.4, 0.5) is 4.79 Å². The van der Waals surface area contributed by atoms with Crippen molar-refractivity contribution in [3.05, 3.63) is 46.5 Å². The zero-order chi connectivity index (χ0) is 23.0. The van der Waals surface area contributed by atoms with Gasteiger partial charge in [0.25, 0.3) is 0 Å². The highest BCUT2D eigenvalue weighted by atomic mass is 16.5. The Hall–Kier alpha value is -2.93. The predicted octanol–water partition coefficient (Wildman–Crippen LogP) is 4.07. The summed E-state index contributed by atoms with van der Waals surface area (Å²) < 4.78 is 10.8. The summed E-state index contributed by atoms with van der Waals surface area (Å²) in [5, 5.41) is 9.66. The average molecular weight is 440 g/mol. The van der Waals surface area contributed by atoms with Gasteiger partial charge in [-0.3, -0.25) is 9.59 Å². The van der Waals surface area contributed by atoms with Crippen molar-refractivity contribution in [3.8, 4) is 5.75 Å². The molecule has 3 amide bonds. The lowest BCUT2D eigenvalue weighted by Gasteiger charge is -2.31. The zero-order valence-corrected chi connectivity index (χ0v) is 18.7. The number of phenolic OH excluding ortho intramolecular Hbond substituents is 1. The number of ether oxygens (including phenoxy) is 2. The van der Waals surface area contributed by atoms with Crippen molar-refractivity contribution < 1.29 is 29.0 Å². The van der Waals surface area contributed by atoms with Gasteiger partial charge >= 0.3 is 6.09 Å². The molecule has 2 heterocycles. The van der Waals surface area contributed by atoms with Gasteiger partial charge < -0.3 is 14.6 Å². The van der Waals surface area contributed by atoms with Crippen LogP contribution in [-0.4, -0.2) is 47.7 Å². The quantitative estimate of drug-likeness (QED) is 0.549. The number of carbonyl (C=O) groups is 3. The minimum atomic E-state index is -0.905. The summed E-state index contributed by atoms with van der Waals surface area (Å²) in [4.78, 5) is 38.5. The number of phenols is 1. The number of imide groups is 3. The molecule has 7 heteroatoms. The van der Waals surface area contributed by atoms with Gasteiger partial charge in [0.1, 0.15) is 5.75 Å². The third-order valence-corrected chi connectivity index (χ3v) is 6.88. The van der Waals surface area contributed by atoms with Crippen LogP contribution in [0, 0.1) is 17.8 Å². The largest absolute Gasteiger partial charge is 0.508 e. The van der Waals surface area contributed by atoms with Crippen LogP contribution in [0.15, 0.2) is 41.0 Å². The van der Waals surface area contributed by atoms with Crippen LogP contribution < -0.4 is 0 Å². The smallest absolute Gasteiger partial charge is 0.423 e. The molecule has 4 rings (SSSR count). The SMILES string of the molecule is CCC1=C2[C@@H](CC/C(C)=C/c3cccc(O)c3)OC[C@@H]2[C@@H]2C(=O)N(C(=O)OC)C(=O)[C@@H]2C1. The van der Waals surface area contributed by atoms with Crippen LogP contribution in [0.25, 0.3) is 6.08 Å². The first-order chi connectivity index (χ1) is 15.3. The second-order valence-corrected chi connectivity index (χ2v) is 8.78. The van der Waals surface area contributed by atoms with Gasteiger partial charge in [0.15, 0.2) is 0 Å². The fourth-order valence-electron chi connectivity index (χ4n) is 5.41. The molecule has 0 bridgehead atoms. The summed E-state index contributed by atoms with van der Waals surface area (Å²) in [6, 6.07) is 7.12. The van der Waals surface area contributed by atoms with Crippen LogP contribution in [0.1, 0.15) is 45.1 Å².